The van der Waals surface area contributed by atoms with E-state index in [4.69, 9.17) is 0 Å². The molecule has 2 fully saturated rings. The van der Waals surface area contributed by atoms with Gasteiger partial charge < -0.3 is 10.2 Å². The van der Waals surface area contributed by atoms with Gasteiger partial charge in [0.1, 0.15) is 12.1 Å². The Morgan fingerprint density at radius 2 is 2.09 bits per heavy atom. The van der Waals surface area contributed by atoms with E-state index in [0.29, 0.717) is 18.4 Å². The van der Waals surface area contributed by atoms with Crippen molar-refractivity contribution in [2.75, 3.05) is 24.5 Å². The molecule has 3 aliphatic rings. The zero-order valence-electron chi connectivity index (χ0n) is 13.4. The van der Waals surface area contributed by atoms with Gasteiger partial charge in [-0.3, -0.25) is 4.79 Å². The zero-order valence-corrected chi connectivity index (χ0v) is 13.4. The lowest BCUT2D eigenvalue weighted by molar-refractivity contribution is -0.125. The molecule has 1 N–H and O–H groups in total. The average molecular weight is 312 g/mol. The Kier molecular flexibility index (Phi) is 4.02. The second kappa shape index (κ2) is 6.30. The fraction of sp³-hybridized carbons (Fsp3) is 0.611. The molecule has 23 heavy (non-hydrogen) atoms. The van der Waals surface area contributed by atoms with Gasteiger partial charge in [-0.1, -0.05) is 12.2 Å². The molecule has 2 bridgehead atoms. The van der Waals surface area contributed by atoms with Crippen LogP contribution in [-0.2, 0) is 11.2 Å². The summed E-state index contributed by atoms with van der Waals surface area (Å²) >= 11 is 0. The Bertz CT molecular complexity index is 609. The summed E-state index contributed by atoms with van der Waals surface area (Å²) in [6, 6.07) is 2.07. The van der Waals surface area contributed by atoms with Gasteiger partial charge in [0.25, 0.3) is 0 Å². The maximum Gasteiger partial charge on any atom is 0.223 e. The summed E-state index contributed by atoms with van der Waals surface area (Å²) in [6.45, 7) is 2.84. The first-order chi connectivity index (χ1) is 11.3. The lowest BCUT2D eigenvalue weighted by Crippen LogP contribution is -2.34. The molecule has 1 amide bonds. The van der Waals surface area contributed by atoms with Crippen LogP contribution in [0.1, 0.15) is 31.4 Å². The van der Waals surface area contributed by atoms with Crippen LogP contribution >= 0.6 is 0 Å². The first kappa shape index (κ1) is 14.7. The number of fused-ring (bicyclic) bond motifs is 2. The number of aromatic nitrogens is 2. The summed E-state index contributed by atoms with van der Waals surface area (Å²) in [4.78, 5) is 23.3. The summed E-state index contributed by atoms with van der Waals surface area (Å²) in [6.07, 6.45) is 11.6. The number of allylic oxidation sites excluding steroid dienone is 2. The molecule has 1 aromatic heterocycles. The van der Waals surface area contributed by atoms with E-state index in [-0.39, 0.29) is 11.8 Å². The highest BCUT2D eigenvalue weighted by Gasteiger charge is 2.39. The van der Waals surface area contributed by atoms with Gasteiger partial charge in [0.05, 0.1) is 0 Å². The van der Waals surface area contributed by atoms with E-state index in [1.54, 1.807) is 6.33 Å². The van der Waals surface area contributed by atoms with Crippen LogP contribution in [0, 0.1) is 17.8 Å². The smallest absolute Gasteiger partial charge is 0.223 e. The van der Waals surface area contributed by atoms with Crippen LogP contribution in [-0.4, -0.2) is 35.5 Å². The number of anilines is 1. The fourth-order valence-corrected chi connectivity index (χ4v) is 4.17. The zero-order chi connectivity index (χ0) is 15.6. The number of nitrogens with one attached hydrogen (secondary N) is 1. The van der Waals surface area contributed by atoms with Gasteiger partial charge in [0, 0.05) is 43.7 Å². The summed E-state index contributed by atoms with van der Waals surface area (Å²) in [5, 5.41) is 3.10. The van der Waals surface area contributed by atoms with E-state index in [0.717, 1.165) is 37.4 Å². The van der Waals surface area contributed by atoms with Crippen molar-refractivity contribution in [3.05, 3.63) is 30.2 Å². The minimum absolute atomic E-state index is 0.190. The summed E-state index contributed by atoms with van der Waals surface area (Å²) in [7, 11) is 0. The largest absolute Gasteiger partial charge is 0.357 e. The van der Waals surface area contributed by atoms with Crippen LogP contribution in [0.5, 0.6) is 0 Å². The van der Waals surface area contributed by atoms with E-state index >= 15 is 0 Å². The minimum Gasteiger partial charge on any atom is -0.357 e. The number of rotatable bonds is 5. The monoisotopic (exact) mass is 312 g/mol. The quantitative estimate of drug-likeness (QED) is 0.844. The van der Waals surface area contributed by atoms with Crippen LogP contribution < -0.4 is 10.2 Å². The van der Waals surface area contributed by atoms with Crippen molar-refractivity contribution in [1.82, 2.24) is 15.3 Å². The van der Waals surface area contributed by atoms with Crippen molar-refractivity contribution >= 4 is 11.7 Å². The number of hydrogen-bond acceptors (Lipinski definition) is 4. The SMILES string of the molecule is O=C(NCCc1cc(N2CCCC2)ncn1)[C@H]1C[C@H]2C=C[C@@H]1C2. The van der Waals surface area contributed by atoms with E-state index in [2.05, 4.69) is 38.4 Å². The molecule has 122 valence electrons. The topological polar surface area (TPSA) is 58.1 Å². The first-order valence-corrected chi connectivity index (χ1v) is 8.81. The highest BCUT2D eigenvalue weighted by molar-refractivity contribution is 5.80. The summed E-state index contributed by atoms with van der Waals surface area (Å²) in [5.74, 6) is 2.55. The predicted molar refractivity (Wildman–Crippen MR) is 89.0 cm³/mol. The molecule has 2 aliphatic carbocycles. The van der Waals surface area contributed by atoms with Crippen molar-refractivity contribution in [2.45, 2.75) is 32.1 Å². The number of carbonyl (C=O) groups is 1. The Hall–Kier alpha value is -1.91. The molecule has 1 aromatic rings. The molecule has 0 spiro atoms. The maximum absolute atomic E-state index is 12.3. The van der Waals surface area contributed by atoms with Crippen molar-refractivity contribution in [2.24, 2.45) is 17.8 Å². The molecule has 5 nitrogen and oxygen atoms in total. The predicted octanol–water partition coefficient (Wildman–Crippen LogP) is 1.95. The number of amides is 1. The Balaban J connectivity index is 1.28. The van der Waals surface area contributed by atoms with Gasteiger partial charge in [-0.15, -0.1) is 0 Å². The second-order valence-corrected chi connectivity index (χ2v) is 6.99. The second-order valence-electron chi connectivity index (χ2n) is 6.99. The van der Waals surface area contributed by atoms with E-state index in [1.807, 2.05) is 0 Å². The molecule has 1 aliphatic heterocycles. The number of carbonyl (C=O) groups excluding carboxylic acids is 1. The number of hydrogen-bond donors (Lipinski definition) is 1. The van der Waals surface area contributed by atoms with Crippen LogP contribution in [0.2, 0.25) is 0 Å². The van der Waals surface area contributed by atoms with Gasteiger partial charge in [0.2, 0.25) is 5.91 Å². The third-order valence-electron chi connectivity index (χ3n) is 5.44. The molecule has 1 saturated carbocycles. The van der Waals surface area contributed by atoms with Gasteiger partial charge >= 0.3 is 0 Å². The molecule has 1 saturated heterocycles. The Labute approximate surface area is 137 Å². The van der Waals surface area contributed by atoms with E-state index in [9.17, 15) is 4.79 Å². The summed E-state index contributed by atoms with van der Waals surface area (Å²) in [5.41, 5.74) is 1.01. The van der Waals surface area contributed by atoms with Gasteiger partial charge in [-0.05, 0) is 37.5 Å². The van der Waals surface area contributed by atoms with Gasteiger partial charge in [-0.2, -0.15) is 0 Å². The standard InChI is InChI=1S/C18H24N4O/c23-18(16-10-13-3-4-14(16)9-13)19-6-5-15-11-17(21-12-20-15)22-7-1-2-8-22/h3-4,11-14,16H,1-2,5-10H2,(H,19,23)/t13-,14+,16-/m0/s1. The van der Waals surface area contributed by atoms with Crippen molar-refractivity contribution in [3.63, 3.8) is 0 Å². The highest BCUT2D eigenvalue weighted by Crippen LogP contribution is 2.43. The van der Waals surface area contributed by atoms with Crippen LogP contribution in [0.15, 0.2) is 24.5 Å². The highest BCUT2D eigenvalue weighted by atomic mass is 16.1. The van der Waals surface area contributed by atoms with Gasteiger partial charge in [0.15, 0.2) is 0 Å². The molecule has 4 rings (SSSR count). The van der Waals surface area contributed by atoms with Crippen molar-refractivity contribution in [3.8, 4) is 0 Å². The van der Waals surface area contributed by atoms with Crippen molar-refractivity contribution in [1.29, 1.82) is 0 Å². The maximum atomic E-state index is 12.3. The molecule has 0 radical (unpaired) electrons. The van der Waals surface area contributed by atoms with Crippen LogP contribution in [0.3, 0.4) is 0 Å². The number of nitrogens with zero attached hydrogens (tertiary/aromatic N) is 3. The molecule has 0 aromatic carbocycles. The van der Waals surface area contributed by atoms with Gasteiger partial charge in [-0.25, -0.2) is 9.97 Å². The lowest BCUT2D eigenvalue weighted by Gasteiger charge is -2.18. The van der Waals surface area contributed by atoms with E-state index in [1.165, 1.54) is 19.3 Å². The average Bonchev–Trinajstić information content (AvgIpc) is 3.32. The molecular formula is C18H24N4O. The third-order valence-corrected chi connectivity index (χ3v) is 5.44. The summed E-state index contributed by atoms with van der Waals surface area (Å²) < 4.78 is 0. The molecule has 5 heteroatoms. The lowest BCUT2D eigenvalue weighted by atomic mass is 9.93. The molecule has 2 heterocycles. The third kappa shape index (κ3) is 3.09. The molecular weight excluding hydrogens is 288 g/mol. The fourth-order valence-electron chi connectivity index (χ4n) is 4.17. The van der Waals surface area contributed by atoms with Crippen LogP contribution in [0.25, 0.3) is 0 Å². The van der Waals surface area contributed by atoms with Crippen molar-refractivity contribution < 1.29 is 4.79 Å². The Morgan fingerprint density at radius 1 is 1.22 bits per heavy atom. The normalized spacial score (nSPS) is 28.5. The first-order valence-electron chi connectivity index (χ1n) is 8.81. The van der Waals surface area contributed by atoms with Crippen LogP contribution in [0.4, 0.5) is 5.82 Å². The molecule has 0 unspecified atom stereocenters. The Morgan fingerprint density at radius 3 is 2.83 bits per heavy atom. The minimum atomic E-state index is 0.190. The van der Waals surface area contributed by atoms with E-state index < -0.39 is 0 Å². The molecule has 3 atom stereocenters.